The summed E-state index contributed by atoms with van der Waals surface area (Å²) in [6.45, 7) is 5.57. The van der Waals surface area contributed by atoms with E-state index in [1.165, 1.54) is 6.92 Å². The van der Waals surface area contributed by atoms with Gasteiger partial charge in [-0.2, -0.15) is 0 Å². The lowest BCUT2D eigenvalue weighted by molar-refractivity contribution is -0.143. The first-order valence-electron chi connectivity index (χ1n) is 6.05. The summed E-state index contributed by atoms with van der Waals surface area (Å²) in [6.07, 6.45) is 0.407. The lowest BCUT2D eigenvalue weighted by atomic mass is 9.80. The van der Waals surface area contributed by atoms with Gasteiger partial charge in [0.05, 0.1) is 0 Å². The fraction of sp³-hybridized carbons (Fsp3) is 0.500. The molecule has 0 aliphatic carbocycles. The molecule has 0 bridgehead atoms. The molecule has 18 heavy (non-hydrogen) atoms. The largest absolute Gasteiger partial charge is 0.508 e. The van der Waals surface area contributed by atoms with Crippen LogP contribution < -0.4 is 5.73 Å². The molecular weight excluding hydrogens is 230 g/mol. The van der Waals surface area contributed by atoms with Crippen LogP contribution in [0, 0.1) is 5.92 Å². The quantitative estimate of drug-likeness (QED) is 0.750. The predicted molar refractivity (Wildman–Crippen MR) is 70.5 cm³/mol. The monoisotopic (exact) mass is 251 g/mol. The minimum absolute atomic E-state index is 0.139. The van der Waals surface area contributed by atoms with Gasteiger partial charge in [-0.05, 0) is 42.9 Å². The van der Waals surface area contributed by atoms with Crippen LogP contribution in [0.5, 0.6) is 5.75 Å². The summed E-state index contributed by atoms with van der Waals surface area (Å²) in [6, 6.07) is 6.98. The van der Waals surface area contributed by atoms with Gasteiger partial charge in [0.15, 0.2) is 0 Å². The summed E-state index contributed by atoms with van der Waals surface area (Å²) in [5.74, 6) is -0.423. The van der Waals surface area contributed by atoms with Crippen molar-refractivity contribution < 1.29 is 15.0 Å². The minimum atomic E-state index is -1.20. The highest BCUT2D eigenvalue weighted by Crippen LogP contribution is 2.30. The Morgan fingerprint density at radius 3 is 2.28 bits per heavy atom. The number of nitrogens with two attached hydrogens (primary N) is 1. The van der Waals surface area contributed by atoms with Gasteiger partial charge in [-0.15, -0.1) is 0 Å². The van der Waals surface area contributed by atoms with E-state index in [4.69, 9.17) is 10.8 Å². The Labute approximate surface area is 107 Å². The second kappa shape index (κ2) is 5.40. The number of carboxylic acid groups (broad SMARTS) is 1. The first-order valence-corrected chi connectivity index (χ1v) is 6.05. The molecule has 4 N–H and O–H groups in total. The van der Waals surface area contributed by atoms with Crippen molar-refractivity contribution in [3.63, 3.8) is 0 Å². The molecule has 0 aliphatic rings. The molecule has 1 rings (SSSR count). The lowest BCUT2D eigenvalue weighted by Crippen LogP contribution is -2.46. The fourth-order valence-electron chi connectivity index (χ4n) is 2.04. The Morgan fingerprint density at radius 1 is 1.33 bits per heavy atom. The molecule has 0 saturated heterocycles. The molecule has 0 aromatic heterocycles. The van der Waals surface area contributed by atoms with Crippen molar-refractivity contribution in [2.45, 2.75) is 38.6 Å². The molecule has 0 amide bonds. The molecule has 4 nitrogen and oxygen atoms in total. The average molecular weight is 251 g/mol. The van der Waals surface area contributed by atoms with Crippen LogP contribution in [-0.4, -0.2) is 21.7 Å². The van der Waals surface area contributed by atoms with Gasteiger partial charge in [0.2, 0.25) is 0 Å². The highest BCUT2D eigenvalue weighted by Gasteiger charge is 2.31. The SMILES string of the molecule is CC(CC(C)(N)C(=O)O)C(C)c1ccc(O)cc1. The third kappa shape index (κ3) is 3.47. The molecule has 3 atom stereocenters. The molecule has 0 radical (unpaired) electrons. The summed E-state index contributed by atoms with van der Waals surface area (Å²) >= 11 is 0. The van der Waals surface area contributed by atoms with Crippen LogP contribution in [0.15, 0.2) is 24.3 Å². The smallest absolute Gasteiger partial charge is 0.323 e. The van der Waals surface area contributed by atoms with Gasteiger partial charge in [-0.25, -0.2) is 0 Å². The zero-order chi connectivity index (χ0) is 13.9. The summed E-state index contributed by atoms with van der Waals surface area (Å²) in [7, 11) is 0. The number of hydrogen-bond donors (Lipinski definition) is 3. The van der Waals surface area contributed by atoms with Crippen LogP contribution in [0.1, 0.15) is 38.7 Å². The second-order valence-corrected chi connectivity index (χ2v) is 5.28. The number of aliphatic carboxylic acids is 1. The number of aromatic hydroxyl groups is 1. The first kappa shape index (κ1) is 14.5. The standard InChI is InChI=1S/C14H21NO3/c1-9(8-14(3,15)13(17)18)10(2)11-4-6-12(16)7-5-11/h4-7,9-10,16H,8,15H2,1-3H3,(H,17,18). The summed E-state index contributed by atoms with van der Waals surface area (Å²) < 4.78 is 0. The molecule has 0 saturated carbocycles. The second-order valence-electron chi connectivity index (χ2n) is 5.28. The van der Waals surface area contributed by atoms with E-state index < -0.39 is 11.5 Å². The topological polar surface area (TPSA) is 83.6 Å². The lowest BCUT2D eigenvalue weighted by Gasteiger charge is -2.27. The third-order valence-corrected chi connectivity index (χ3v) is 3.51. The van der Waals surface area contributed by atoms with Gasteiger partial charge in [0, 0.05) is 0 Å². The Hall–Kier alpha value is -1.55. The van der Waals surface area contributed by atoms with Crippen LogP contribution >= 0.6 is 0 Å². The Morgan fingerprint density at radius 2 is 1.83 bits per heavy atom. The number of rotatable bonds is 5. The molecule has 4 heteroatoms. The van der Waals surface area contributed by atoms with E-state index in [2.05, 4.69) is 0 Å². The van der Waals surface area contributed by atoms with Gasteiger partial charge in [0.25, 0.3) is 0 Å². The van der Waals surface area contributed by atoms with Gasteiger partial charge in [-0.1, -0.05) is 26.0 Å². The normalized spacial score (nSPS) is 17.8. The van der Waals surface area contributed by atoms with Crippen molar-refractivity contribution in [2.75, 3.05) is 0 Å². The molecule has 100 valence electrons. The Balaban J connectivity index is 2.75. The Kier molecular flexibility index (Phi) is 4.35. The van der Waals surface area contributed by atoms with E-state index in [-0.39, 0.29) is 17.6 Å². The number of carboxylic acids is 1. The van der Waals surface area contributed by atoms with Gasteiger partial charge in [0.1, 0.15) is 11.3 Å². The van der Waals surface area contributed by atoms with E-state index in [9.17, 15) is 9.90 Å². The summed E-state index contributed by atoms with van der Waals surface area (Å²) in [5, 5.41) is 18.3. The number of phenolic OH excluding ortho intramolecular Hbond substituents is 1. The molecule has 0 spiro atoms. The zero-order valence-electron chi connectivity index (χ0n) is 11.1. The molecule has 1 aromatic rings. The van der Waals surface area contributed by atoms with Crippen molar-refractivity contribution in [1.29, 1.82) is 0 Å². The van der Waals surface area contributed by atoms with E-state index >= 15 is 0 Å². The van der Waals surface area contributed by atoms with Crippen LogP contribution in [0.3, 0.4) is 0 Å². The van der Waals surface area contributed by atoms with Crippen LogP contribution in [-0.2, 0) is 4.79 Å². The van der Waals surface area contributed by atoms with E-state index in [1.807, 2.05) is 26.0 Å². The van der Waals surface area contributed by atoms with E-state index in [0.29, 0.717) is 6.42 Å². The molecule has 0 fully saturated rings. The van der Waals surface area contributed by atoms with E-state index in [0.717, 1.165) is 5.56 Å². The number of carbonyl (C=O) groups is 1. The maximum Gasteiger partial charge on any atom is 0.323 e. The third-order valence-electron chi connectivity index (χ3n) is 3.51. The molecule has 3 unspecified atom stereocenters. The molecule has 0 aliphatic heterocycles. The Bertz CT molecular complexity index is 412. The summed E-state index contributed by atoms with van der Waals surface area (Å²) in [5.41, 5.74) is 5.63. The maximum absolute atomic E-state index is 11.0. The molecule has 1 aromatic carbocycles. The average Bonchev–Trinajstić information content (AvgIpc) is 2.28. The van der Waals surface area contributed by atoms with Crippen molar-refractivity contribution in [1.82, 2.24) is 0 Å². The van der Waals surface area contributed by atoms with Crippen LogP contribution in [0.25, 0.3) is 0 Å². The van der Waals surface area contributed by atoms with Crippen molar-refractivity contribution in [2.24, 2.45) is 11.7 Å². The van der Waals surface area contributed by atoms with Gasteiger partial charge >= 0.3 is 5.97 Å². The number of phenols is 1. The summed E-state index contributed by atoms with van der Waals surface area (Å²) in [4.78, 5) is 11.0. The van der Waals surface area contributed by atoms with Crippen molar-refractivity contribution >= 4 is 5.97 Å². The van der Waals surface area contributed by atoms with Crippen molar-refractivity contribution in [3.05, 3.63) is 29.8 Å². The number of hydrogen-bond acceptors (Lipinski definition) is 3. The highest BCUT2D eigenvalue weighted by molar-refractivity contribution is 5.77. The van der Waals surface area contributed by atoms with Crippen molar-refractivity contribution in [3.8, 4) is 5.75 Å². The maximum atomic E-state index is 11.0. The number of benzene rings is 1. The van der Waals surface area contributed by atoms with E-state index in [1.54, 1.807) is 12.1 Å². The van der Waals surface area contributed by atoms with Gasteiger partial charge in [-0.3, -0.25) is 4.79 Å². The first-order chi connectivity index (χ1) is 8.24. The predicted octanol–water partition coefficient (Wildman–Crippen LogP) is 2.32. The van der Waals surface area contributed by atoms with Crippen LogP contribution in [0.2, 0.25) is 0 Å². The fourth-order valence-corrected chi connectivity index (χ4v) is 2.04. The molecular formula is C14H21NO3. The highest BCUT2D eigenvalue weighted by atomic mass is 16.4. The van der Waals surface area contributed by atoms with Gasteiger partial charge < -0.3 is 15.9 Å². The molecule has 0 heterocycles. The zero-order valence-corrected chi connectivity index (χ0v) is 11.1. The minimum Gasteiger partial charge on any atom is -0.508 e. The van der Waals surface area contributed by atoms with Crippen LogP contribution in [0.4, 0.5) is 0 Å².